The molecule has 0 aromatic heterocycles. The zero-order valence-electron chi connectivity index (χ0n) is 28.5. The number of carboxylic acid groups (broad SMARTS) is 2. The van der Waals surface area contributed by atoms with Crippen molar-refractivity contribution in [3.63, 3.8) is 0 Å². The van der Waals surface area contributed by atoms with Crippen LogP contribution in [-0.4, -0.2) is 117 Å². The van der Waals surface area contributed by atoms with Crippen molar-refractivity contribution in [3.05, 3.63) is 0 Å². The van der Waals surface area contributed by atoms with Crippen molar-refractivity contribution in [2.45, 2.75) is 129 Å². The lowest BCUT2D eigenvalue weighted by Gasteiger charge is -2.29. The Morgan fingerprint density at radius 3 is 1.50 bits per heavy atom. The van der Waals surface area contributed by atoms with Crippen molar-refractivity contribution in [1.82, 2.24) is 26.6 Å². The van der Waals surface area contributed by atoms with E-state index in [2.05, 4.69) is 26.6 Å². The van der Waals surface area contributed by atoms with Crippen LogP contribution < -0.4 is 38.1 Å². The van der Waals surface area contributed by atoms with E-state index in [9.17, 15) is 48.9 Å². The number of aliphatic hydroxyl groups excluding tert-OH is 2. The Morgan fingerprint density at radius 1 is 0.604 bits per heavy atom. The first-order valence-electron chi connectivity index (χ1n) is 16.0. The molecule has 0 saturated heterocycles. The van der Waals surface area contributed by atoms with Crippen molar-refractivity contribution < 1.29 is 54.0 Å². The Hall–Kier alpha value is -3.87. The Balaban J connectivity index is 5.88. The lowest BCUT2D eigenvalue weighted by Crippen LogP contribution is -2.63. The van der Waals surface area contributed by atoms with Gasteiger partial charge >= 0.3 is 11.9 Å². The summed E-state index contributed by atoms with van der Waals surface area (Å²) in [5.74, 6) is -7.79. The minimum Gasteiger partial charge on any atom is -0.481 e. The van der Waals surface area contributed by atoms with Crippen LogP contribution in [0.15, 0.2) is 0 Å². The molecule has 0 bridgehead atoms. The maximum Gasteiger partial charge on any atom is 0.326 e. The fourth-order valence-electron chi connectivity index (χ4n) is 4.49. The fraction of sp³-hybridized carbons (Fsp3) is 0.767. The van der Waals surface area contributed by atoms with E-state index in [-0.39, 0.29) is 12.3 Å². The molecule has 0 rings (SSSR count). The van der Waals surface area contributed by atoms with Gasteiger partial charge in [0.25, 0.3) is 0 Å². The topological polar surface area (TPSA) is 313 Å². The van der Waals surface area contributed by atoms with Gasteiger partial charge in [-0.1, -0.05) is 34.1 Å². The number of nitrogens with two attached hydrogens (primary N) is 2. The number of rotatable bonds is 23. The Morgan fingerprint density at radius 2 is 1.06 bits per heavy atom. The Bertz CT molecular complexity index is 1100. The summed E-state index contributed by atoms with van der Waals surface area (Å²) in [7, 11) is 0. The summed E-state index contributed by atoms with van der Waals surface area (Å²) in [4.78, 5) is 87.8. The van der Waals surface area contributed by atoms with Gasteiger partial charge in [-0.25, -0.2) is 4.79 Å². The first-order chi connectivity index (χ1) is 22.2. The molecule has 13 N–H and O–H groups in total. The van der Waals surface area contributed by atoms with Crippen LogP contribution in [0.3, 0.4) is 0 Å². The van der Waals surface area contributed by atoms with Crippen LogP contribution in [0.5, 0.6) is 0 Å². The molecule has 18 heteroatoms. The molecular weight excluding hydrogens is 634 g/mol. The van der Waals surface area contributed by atoms with Gasteiger partial charge in [-0.05, 0) is 57.9 Å². The van der Waals surface area contributed by atoms with E-state index in [0.29, 0.717) is 25.8 Å². The molecular formula is C30H55N7O11. The van der Waals surface area contributed by atoms with Crippen LogP contribution in [0.4, 0.5) is 0 Å². The second kappa shape index (κ2) is 21.9. The molecule has 0 saturated carbocycles. The molecule has 0 aliphatic carbocycles. The van der Waals surface area contributed by atoms with Crippen LogP contribution in [0.2, 0.25) is 0 Å². The van der Waals surface area contributed by atoms with Crippen molar-refractivity contribution in [1.29, 1.82) is 0 Å². The summed E-state index contributed by atoms with van der Waals surface area (Å²) in [6.45, 7) is 9.68. The number of aliphatic carboxylic acids is 2. The summed E-state index contributed by atoms with van der Waals surface area (Å²) in [6, 6.07) is -8.28. The van der Waals surface area contributed by atoms with Crippen molar-refractivity contribution in [3.8, 4) is 0 Å². The molecule has 8 unspecified atom stereocenters. The molecule has 0 aromatic carbocycles. The lowest BCUT2D eigenvalue weighted by molar-refractivity contribution is -0.144. The number of nitrogens with one attached hydrogen (secondary N) is 5. The Kier molecular flexibility index (Phi) is 20.1. The zero-order valence-corrected chi connectivity index (χ0v) is 28.5. The molecule has 0 heterocycles. The van der Waals surface area contributed by atoms with Crippen LogP contribution in [-0.2, 0) is 33.6 Å². The number of hydrogen-bond donors (Lipinski definition) is 11. The van der Waals surface area contributed by atoms with E-state index >= 15 is 0 Å². The van der Waals surface area contributed by atoms with E-state index in [4.69, 9.17) is 16.6 Å². The van der Waals surface area contributed by atoms with Crippen LogP contribution in [0.25, 0.3) is 0 Å². The third-order valence-electron chi connectivity index (χ3n) is 7.28. The monoisotopic (exact) mass is 689 g/mol. The highest BCUT2D eigenvalue weighted by molar-refractivity contribution is 5.96. The molecule has 5 amide bonds. The second-order valence-electron chi connectivity index (χ2n) is 12.6. The van der Waals surface area contributed by atoms with Gasteiger partial charge in [0.15, 0.2) is 0 Å². The number of amides is 5. The lowest BCUT2D eigenvalue weighted by atomic mass is 9.99. The van der Waals surface area contributed by atoms with Gasteiger partial charge in [0.05, 0.1) is 18.2 Å². The highest BCUT2D eigenvalue weighted by Gasteiger charge is 2.36. The second-order valence-corrected chi connectivity index (χ2v) is 12.6. The van der Waals surface area contributed by atoms with E-state index < -0.39 is 109 Å². The number of carbonyl (C=O) groups is 7. The standard InChI is InChI=1S/C30H55N7O11/c1-14(2)13-20(34-27(44)22(15(3)4)35-25(42)18(32)9-7-8-12-31)26(43)36-24(17(6)39)29(46)37-23(16(5)38)28(45)33-19(30(47)48)10-11-21(40)41/h14-20,22-24,38-39H,7-13,31-32H2,1-6H3,(H,33,45)(H,34,44)(H,35,42)(H,36,43)(H,37,46)(H,40,41)(H,47,48). The molecule has 0 aliphatic rings. The smallest absolute Gasteiger partial charge is 0.326 e. The average Bonchev–Trinajstić information content (AvgIpc) is 2.97. The first kappa shape index (κ1) is 44.1. The molecule has 0 fully saturated rings. The molecule has 0 aliphatic heterocycles. The molecule has 0 spiro atoms. The summed E-state index contributed by atoms with van der Waals surface area (Å²) < 4.78 is 0. The van der Waals surface area contributed by atoms with E-state index in [0.717, 1.165) is 6.92 Å². The quantitative estimate of drug-likeness (QED) is 0.0487. The highest BCUT2D eigenvalue weighted by atomic mass is 16.4. The van der Waals surface area contributed by atoms with Crippen molar-refractivity contribution >= 4 is 41.5 Å². The predicted octanol–water partition coefficient (Wildman–Crippen LogP) is -2.72. The van der Waals surface area contributed by atoms with E-state index in [1.165, 1.54) is 6.92 Å². The Labute approximate surface area is 280 Å². The summed E-state index contributed by atoms with van der Waals surface area (Å²) in [5.41, 5.74) is 11.5. The first-order valence-corrected chi connectivity index (χ1v) is 16.0. The summed E-state index contributed by atoms with van der Waals surface area (Å²) >= 11 is 0. The fourth-order valence-corrected chi connectivity index (χ4v) is 4.49. The normalized spacial score (nSPS) is 16.3. The number of aliphatic hydroxyl groups is 2. The van der Waals surface area contributed by atoms with Crippen molar-refractivity contribution in [2.75, 3.05) is 6.54 Å². The summed E-state index contributed by atoms with van der Waals surface area (Å²) in [5, 5.41) is 50.6. The summed E-state index contributed by atoms with van der Waals surface area (Å²) in [6.07, 6.45) is -2.44. The molecule has 0 radical (unpaired) electrons. The van der Waals surface area contributed by atoms with Gasteiger partial charge in [-0.15, -0.1) is 0 Å². The molecule has 0 aromatic rings. The largest absolute Gasteiger partial charge is 0.481 e. The molecule has 48 heavy (non-hydrogen) atoms. The molecule has 276 valence electrons. The highest BCUT2D eigenvalue weighted by Crippen LogP contribution is 2.10. The van der Waals surface area contributed by atoms with Crippen LogP contribution in [0, 0.1) is 11.8 Å². The maximum absolute atomic E-state index is 13.4. The average molecular weight is 690 g/mol. The van der Waals surface area contributed by atoms with Gasteiger partial charge < -0.3 is 58.5 Å². The van der Waals surface area contributed by atoms with Gasteiger partial charge in [0.1, 0.15) is 30.2 Å². The van der Waals surface area contributed by atoms with E-state index in [1.807, 2.05) is 0 Å². The number of carbonyl (C=O) groups excluding carboxylic acids is 5. The molecule has 8 atom stereocenters. The third-order valence-corrected chi connectivity index (χ3v) is 7.28. The number of hydrogen-bond acceptors (Lipinski definition) is 11. The SMILES string of the molecule is CC(C)CC(NC(=O)C(NC(=O)C(N)CCCCN)C(C)C)C(=O)NC(C(=O)NC(C(=O)NC(CCC(=O)O)C(=O)O)C(C)O)C(C)O. The number of carboxylic acids is 2. The van der Waals surface area contributed by atoms with Gasteiger partial charge in [0.2, 0.25) is 29.5 Å². The zero-order chi connectivity index (χ0) is 37.3. The van der Waals surface area contributed by atoms with E-state index in [1.54, 1.807) is 27.7 Å². The van der Waals surface area contributed by atoms with Crippen LogP contribution in [0.1, 0.15) is 80.1 Å². The van der Waals surface area contributed by atoms with Crippen LogP contribution >= 0.6 is 0 Å². The predicted molar refractivity (Wildman–Crippen MR) is 173 cm³/mol. The van der Waals surface area contributed by atoms with Gasteiger partial charge in [0, 0.05) is 6.42 Å². The van der Waals surface area contributed by atoms with Crippen molar-refractivity contribution in [2.24, 2.45) is 23.3 Å². The minimum atomic E-state index is -1.76. The molecule has 18 nitrogen and oxygen atoms in total. The van der Waals surface area contributed by atoms with Gasteiger partial charge in [-0.3, -0.25) is 28.8 Å². The number of unbranched alkanes of at least 4 members (excludes halogenated alkanes) is 1. The minimum absolute atomic E-state index is 0.0920. The van der Waals surface area contributed by atoms with Gasteiger partial charge in [-0.2, -0.15) is 0 Å². The maximum atomic E-state index is 13.4. The third kappa shape index (κ3) is 16.3.